The summed E-state index contributed by atoms with van der Waals surface area (Å²) in [6.45, 7) is 3.53. The summed E-state index contributed by atoms with van der Waals surface area (Å²) in [6, 6.07) is 11.2. The molecule has 140 valence electrons. The van der Waals surface area contributed by atoms with Crippen LogP contribution in [0.5, 0.6) is 0 Å². The first kappa shape index (κ1) is 19.6. The van der Waals surface area contributed by atoms with Crippen LogP contribution in [0.2, 0.25) is 0 Å². The van der Waals surface area contributed by atoms with Crippen molar-refractivity contribution in [2.75, 3.05) is 5.32 Å². The third-order valence-corrected chi connectivity index (χ3v) is 3.55. The minimum atomic E-state index is -0.687. The predicted octanol–water partition coefficient (Wildman–Crippen LogP) is 2.26. The highest BCUT2D eigenvalue weighted by Crippen LogP contribution is 2.13. The maximum absolute atomic E-state index is 12.1. The highest BCUT2D eigenvalue weighted by Gasteiger charge is 2.13. The molecule has 0 aliphatic rings. The smallest absolute Gasteiger partial charge is 0.270 e. The fourth-order valence-corrected chi connectivity index (χ4v) is 2.01. The lowest BCUT2D eigenvalue weighted by Crippen LogP contribution is -2.41. The van der Waals surface area contributed by atoms with Gasteiger partial charge in [-0.2, -0.15) is 0 Å². The average Bonchev–Trinajstić information content (AvgIpc) is 2.66. The Balaban J connectivity index is 1.95. The van der Waals surface area contributed by atoms with Gasteiger partial charge in [-0.3, -0.25) is 35.3 Å². The first-order valence-electron chi connectivity index (χ1n) is 8.04. The minimum Gasteiger partial charge on any atom is -0.326 e. The van der Waals surface area contributed by atoms with E-state index in [9.17, 15) is 24.5 Å². The second-order valence-electron chi connectivity index (χ2n) is 5.94. The number of non-ortho nitro benzene ring substituents is 1. The van der Waals surface area contributed by atoms with Crippen LogP contribution in [0, 0.1) is 16.0 Å². The summed E-state index contributed by atoms with van der Waals surface area (Å²) >= 11 is 0. The number of nitrogens with one attached hydrogen (secondary N) is 3. The molecular formula is C18H18N4O5. The molecular weight excluding hydrogens is 352 g/mol. The summed E-state index contributed by atoms with van der Waals surface area (Å²) in [5, 5.41) is 13.4. The number of carbonyl (C=O) groups is 3. The van der Waals surface area contributed by atoms with Crippen LogP contribution >= 0.6 is 0 Å². The van der Waals surface area contributed by atoms with E-state index < -0.39 is 16.7 Å². The molecule has 0 saturated carbocycles. The Morgan fingerprint density at radius 3 is 2.07 bits per heavy atom. The number of amides is 3. The highest BCUT2D eigenvalue weighted by atomic mass is 16.6. The molecule has 0 saturated heterocycles. The Morgan fingerprint density at radius 1 is 0.926 bits per heavy atom. The molecule has 2 aromatic rings. The Kier molecular flexibility index (Phi) is 6.21. The van der Waals surface area contributed by atoms with Gasteiger partial charge in [0.1, 0.15) is 0 Å². The van der Waals surface area contributed by atoms with Crippen LogP contribution in [0.1, 0.15) is 34.6 Å². The third-order valence-electron chi connectivity index (χ3n) is 3.55. The molecule has 2 rings (SSSR count). The molecule has 9 nitrogen and oxygen atoms in total. The molecule has 0 bridgehead atoms. The number of nitro groups is 1. The molecule has 0 radical (unpaired) electrons. The standard InChI is InChI=1S/C18H18N4O5/c1-11(2)16(23)19-14-8-6-12(7-9-14)17(24)20-21-18(25)13-4-3-5-15(10-13)22(26)27/h3-11H,1-2H3,(H,19,23)(H,20,24)(H,21,25). The molecule has 9 heteroatoms. The number of hydrazine groups is 1. The molecule has 0 heterocycles. The molecule has 3 amide bonds. The Hall–Kier alpha value is -3.75. The summed E-state index contributed by atoms with van der Waals surface area (Å²) in [6.07, 6.45) is 0. The van der Waals surface area contributed by atoms with Gasteiger partial charge in [0.15, 0.2) is 0 Å². The van der Waals surface area contributed by atoms with E-state index in [1.54, 1.807) is 26.0 Å². The fraction of sp³-hybridized carbons (Fsp3) is 0.167. The first-order chi connectivity index (χ1) is 12.8. The molecule has 2 aromatic carbocycles. The van der Waals surface area contributed by atoms with Crippen molar-refractivity contribution in [3.63, 3.8) is 0 Å². The van der Waals surface area contributed by atoms with Gasteiger partial charge in [0, 0.05) is 34.9 Å². The zero-order valence-electron chi connectivity index (χ0n) is 14.7. The molecule has 0 aliphatic heterocycles. The lowest BCUT2D eigenvalue weighted by atomic mass is 10.1. The maximum Gasteiger partial charge on any atom is 0.270 e. The van der Waals surface area contributed by atoms with Gasteiger partial charge in [0.25, 0.3) is 17.5 Å². The minimum absolute atomic E-state index is 0.0382. The zero-order valence-corrected chi connectivity index (χ0v) is 14.7. The molecule has 0 spiro atoms. The van der Waals surface area contributed by atoms with E-state index in [4.69, 9.17) is 0 Å². The van der Waals surface area contributed by atoms with E-state index in [-0.39, 0.29) is 28.6 Å². The van der Waals surface area contributed by atoms with Gasteiger partial charge >= 0.3 is 0 Å². The first-order valence-corrected chi connectivity index (χ1v) is 8.04. The summed E-state index contributed by atoms with van der Waals surface area (Å²) in [5.74, 6) is -1.57. The Morgan fingerprint density at radius 2 is 1.52 bits per heavy atom. The van der Waals surface area contributed by atoms with Crippen LogP contribution < -0.4 is 16.2 Å². The van der Waals surface area contributed by atoms with Crippen molar-refractivity contribution >= 4 is 29.1 Å². The topological polar surface area (TPSA) is 130 Å². The number of anilines is 1. The lowest BCUT2D eigenvalue weighted by molar-refractivity contribution is -0.384. The largest absolute Gasteiger partial charge is 0.326 e. The van der Waals surface area contributed by atoms with E-state index in [0.29, 0.717) is 5.69 Å². The SMILES string of the molecule is CC(C)C(=O)Nc1ccc(C(=O)NNC(=O)c2cccc([N+](=O)[O-])c2)cc1. The third kappa shape index (κ3) is 5.36. The lowest BCUT2D eigenvalue weighted by Gasteiger charge is -2.09. The van der Waals surface area contributed by atoms with E-state index >= 15 is 0 Å². The van der Waals surface area contributed by atoms with Gasteiger partial charge in [-0.15, -0.1) is 0 Å². The second-order valence-corrected chi connectivity index (χ2v) is 5.94. The summed E-state index contributed by atoms with van der Waals surface area (Å²) in [4.78, 5) is 45.8. The number of benzene rings is 2. The van der Waals surface area contributed by atoms with Gasteiger partial charge in [-0.1, -0.05) is 19.9 Å². The van der Waals surface area contributed by atoms with Crippen molar-refractivity contribution in [1.82, 2.24) is 10.9 Å². The molecule has 0 fully saturated rings. The Labute approximate surface area is 154 Å². The number of nitro benzene ring substituents is 1. The Bertz CT molecular complexity index is 878. The van der Waals surface area contributed by atoms with Crippen LogP contribution in [-0.4, -0.2) is 22.6 Å². The van der Waals surface area contributed by atoms with Crippen molar-refractivity contribution in [3.8, 4) is 0 Å². The van der Waals surface area contributed by atoms with Crippen molar-refractivity contribution < 1.29 is 19.3 Å². The van der Waals surface area contributed by atoms with Gasteiger partial charge in [0.05, 0.1) is 4.92 Å². The van der Waals surface area contributed by atoms with E-state index in [2.05, 4.69) is 16.2 Å². The van der Waals surface area contributed by atoms with Crippen molar-refractivity contribution in [3.05, 3.63) is 69.8 Å². The number of nitrogens with zero attached hydrogens (tertiary/aromatic N) is 1. The zero-order chi connectivity index (χ0) is 20.0. The van der Waals surface area contributed by atoms with Crippen molar-refractivity contribution in [1.29, 1.82) is 0 Å². The number of hydrogen-bond acceptors (Lipinski definition) is 5. The molecule has 0 aromatic heterocycles. The van der Waals surface area contributed by atoms with Gasteiger partial charge < -0.3 is 5.32 Å². The number of hydrogen-bond donors (Lipinski definition) is 3. The van der Waals surface area contributed by atoms with Gasteiger partial charge in [-0.05, 0) is 30.3 Å². The molecule has 27 heavy (non-hydrogen) atoms. The van der Waals surface area contributed by atoms with Crippen LogP contribution in [0.15, 0.2) is 48.5 Å². The van der Waals surface area contributed by atoms with Crippen LogP contribution in [0.25, 0.3) is 0 Å². The van der Waals surface area contributed by atoms with Gasteiger partial charge in [0.2, 0.25) is 5.91 Å². The van der Waals surface area contributed by atoms with Gasteiger partial charge in [-0.25, -0.2) is 0 Å². The fourth-order valence-electron chi connectivity index (χ4n) is 2.01. The highest BCUT2D eigenvalue weighted by molar-refractivity contribution is 5.99. The second kappa shape index (κ2) is 8.56. The number of rotatable bonds is 5. The van der Waals surface area contributed by atoms with Crippen LogP contribution in [0.3, 0.4) is 0 Å². The molecule has 3 N–H and O–H groups in total. The maximum atomic E-state index is 12.1. The summed E-state index contributed by atoms with van der Waals surface area (Å²) in [7, 11) is 0. The molecule has 0 aliphatic carbocycles. The number of carbonyl (C=O) groups excluding carboxylic acids is 3. The molecule has 0 atom stereocenters. The van der Waals surface area contributed by atoms with Crippen LogP contribution in [0.4, 0.5) is 11.4 Å². The van der Waals surface area contributed by atoms with E-state index in [1.165, 1.54) is 30.3 Å². The van der Waals surface area contributed by atoms with E-state index in [1.807, 2.05) is 0 Å². The average molecular weight is 370 g/mol. The predicted molar refractivity (Wildman–Crippen MR) is 97.9 cm³/mol. The quantitative estimate of drug-likeness (QED) is 0.549. The van der Waals surface area contributed by atoms with Crippen LogP contribution in [-0.2, 0) is 4.79 Å². The molecule has 0 unspecified atom stereocenters. The summed E-state index contributed by atoms with van der Waals surface area (Å²) < 4.78 is 0. The monoisotopic (exact) mass is 370 g/mol. The van der Waals surface area contributed by atoms with Crippen molar-refractivity contribution in [2.45, 2.75) is 13.8 Å². The van der Waals surface area contributed by atoms with Crippen molar-refractivity contribution in [2.24, 2.45) is 5.92 Å². The summed E-state index contributed by atoms with van der Waals surface area (Å²) in [5.41, 5.74) is 5.04. The van der Waals surface area contributed by atoms with E-state index in [0.717, 1.165) is 6.07 Å². The normalized spacial score (nSPS) is 10.2.